The highest BCUT2D eigenvalue weighted by atomic mass is 32.2. The average Bonchev–Trinajstić information content (AvgIpc) is 2.95. The first-order chi connectivity index (χ1) is 11.7. The molecule has 0 saturated carbocycles. The van der Waals surface area contributed by atoms with Crippen LogP contribution in [0.4, 0.5) is 5.69 Å². The van der Waals surface area contributed by atoms with E-state index in [0.29, 0.717) is 5.56 Å². The summed E-state index contributed by atoms with van der Waals surface area (Å²) in [6.07, 6.45) is 1.01. The lowest BCUT2D eigenvalue weighted by atomic mass is 10.2. The van der Waals surface area contributed by atoms with Crippen molar-refractivity contribution in [1.82, 2.24) is 3.97 Å². The molecule has 0 atom stereocenters. The molecule has 8 nitrogen and oxygen atoms in total. The fourth-order valence-electron chi connectivity index (χ4n) is 2.58. The van der Waals surface area contributed by atoms with Crippen LogP contribution < -0.4 is 0 Å². The first-order valence-corrected chi connectivity index (χ1v) is 8.51. The molecule has 25 heavy (non-hydrogen) atoms. The van der Waals surface area contributed by atoms with Crippen molar-refractivity contribution in [2.24, 2.45) is 0 Å². The molecule has 128 valence electrons. The molecular formula is C16H12N2O6S. The zero-order valence-corrected chi connectivity index (χ0v) is 13.7. The monoisotopic (exact) mass is 360 g/mol. The summed E-state index contributed by atoms with van der Waals surface area (Å²) in [6.45, 7) is 1.50. The van der Waals surface area contributed by atoms with Gasteiger partial charge in [-0.3, -0.25) is 10.1 Å². The number of rotatable bonds is 4. The van der Waals surface area contributed by atoms with Gasteiger partial charge in [-0.15, -0.1) is 0 Å². The number of aromatic nitrogens is 1. The van der Waals surface area contributed by atoms with Crippen molar-refractivity contribution in [2.45, 2.75) is 11.8 Å². The number of para-hydroxylation sites is 1. The molecule has 1 heterocycles. The van der Waals surface area contributed by atoms with Gasteiger partial charge in [-0.2, -0.15) is 0 Å². The Morgan fingerprint density at radius 3 is 2.52 bits per heavy atom. The third kappa shape index (κ3) is 2.64. The molecular weight excluding hydrogens is 348 g/mol. The van der Waals surface area contributed by atoms with E-state index in [9.17, 15) is 28.4 Å². The molecule has 2 aromatic carbocycles. The standard InChI is InChI=1S/C16H12N2O6S/c1-10-6-7-11(8-15(10)18(21)22)25(23,24)17-9-13(16(19)20)12-4-2-3-5-14(12)17/h2-9H,1H3,(H,19,20). The number of fused-ring (bicyclic) bond motifs is 1. The summed E-state index contributed by atoms with van der Waals surface area (Å²) in [5, 5.41) is 20.6. The summed E-state index contributed by atoms with van der Waals surface area (Å²) < 4.78 is 26.7. The average molecular weight is 360 g/mol. The van der Waals surface area contributed by atoms with E-state index >= 15 is 0 Å². The lowest BCUT2D eigenvalue weighted by molar-refractivity contribution is -0.385. The van der Waals surface area contributed by atoms with Gasteiger partial charge < -0.3 is 5.11 Å². The summed E-state index contributed by atoms with van der Waals surface area (Å²) in [4.78, 5) is 21.5. The Balaban J connectivity index is 2.29. The molecule has 1 N–H and O–H groups in total. The van der Waals surface area contributed by atoms with E-state index in [1.165, 1.54) is 31.2 Å². The van der Waals surface area contributed by atoms with Crippen LogP contribution >= 0.6 is 0 Å². The maximum Gasteiger partial charge on any atom is 0.337 e. The zero-order valence-electron chi connectivity index (χ0n) is 12.9. The van der Waals surface area contributed by atoms with E-state index in [1.54, 1.807) is 12.1 Å². The minimum atomic E-state index is -4.20. The second kappa shape index (κ2) is 5.71. The number of benzene rings is 2. The largest absolute Gasteiger partial charge is 0.478 e. The van der Waals surface area contributed by atoms with Crippen molar-refractivity contribution in [3.8, 4) is 0 Å². The van der Waals surface area contributed by atoms with Crippen LogP contribution in [0.5, 0.6) is 0 Å². The molecule has 0 aliphatic heterocycles. The highest BCUT2D eigenvalue weighted by Gasteiger charge is 2.25. The topological polar surface area (TPSA) is 120 Å². The van der Waals surface area contributed by atoms with Gasteiger partial charge in [0, 0.05) is 23.2 Å². The van der Waals surface area contributed by atoms with Gasteiger partial charge in [-0.25, -0.2) is 17.2 Å². The number of carboxylic acid groups (broad SMARTS) is 1. The second-order valence-corrected chi connectivity index (χ2v) is 7.19. The third-order valence-electron chi connectivity index (χ3n) is 3.84. The van der Waals surface area contributed by atoms with E-state index < -0.39 is 20.9 Å². The molecule has 0 bridgehead atoms. The number of hydrogen-bond acceptors (Lipinski definition) is 5. The van der Waals surface area contributed by atoms with Crippen LogP contribution in [-0.4, -0.2) is 28.4 Å². The van der Waals surface area contributed by atoms with E-state index in [2.05, 4.69) is 0 Å². The minimum Gasteiger partial charge on any atom is -0.478 e. The Hall–Kier alpha value is -3.20. The number of carbonyl (C=O) groups is 1. The highest BCUT2D eigenvalue weighted by Crippen LogP contribution is 2.28. The Labute approximate surface area is 142 Å². The molecule has 3 aromatic rings. The van der Waals surface area contributed by atoms with Gasteiger partial charge in [-0.05, 0) is 19.1 Å². The molecule has 0 unspecified atom stereocenters. The van der Waals surface area contributed by atoms with Gasteiger partial charge >= 0.3 is 5.97 Å². The molecule has 9 heteroatoms. The number of hydrogen-bond donors (Lipinski definition) is 1. The van der Waals surface area contributed by atoms with Gasteiger partial charge in [0.1, 0.15) is 0 Å². The van der Waals surface area contributed by atoms with Gasteiger partial charge in [0.05, 0.1) is 20.9 Å². The van der Waals surface area contributed by atoms with Crippen LogP contribution in [0.1, 0.15) is 15.9 Å². The van der Waals surface area contributed by atoms with Gasteiger partial charge in [0.25, 0.3) is 15.7 Å². The number of nitro benzene ring substituents is 1. The van der Waals surface area contributed by atoms with Crippen molar-refractivity contribution in [1.29, 1.82) is 0 Å². The summed E-state index contributed by atoms with van der Waals surface area (Å²) in [6, 6.07) is 9.73. The lowest BCUT2D eigenvalue weighted by Crippen LogP contribution is -2.12. The quantitative estimate of drug-likeness (QED) is 0.564. The summed E-state index contributed by atoms with van der Waals surface area (Å²) in [7, 11) is -4.20. The van der Waals surface area contributed by atoms with Crippen molar-refractivity contribution in [3.05, 3.63) is 69.9 Å². The maximum absolute atomic E-state index is 12.9. The molecule has 0 aliphatic carbocycles. The lowest BCUT2D eigenvalue weighted by Gasteiger charge is -2.08. The molecule has 0 fully saturated rings. The van der Waals surface area contributed by atoms with Crippen LogP contribution in [0.3, 0.4) is 0 Å². The molecule has 0 aliphatic rings. The first kappa shape index (κ1) is 16.7. The Morgan fingerprint density at radius 2 is 1.88 bits per heavy atom. The SMILES string of the molecule is Cc1ccc(S(=O)(=O)n2cc(C(=O)O)c3ccccc32)cc1[N+](=O)[O-]. The summed E-state index contributed by atoms with van der Waals surface area (Å²) in [5.41, 5.74) is 0.0208. The van der Waals surface area contributed by atoms with Crippen molar-refractivity contribution in [3.63, 3.8) is 0 Å². The van der Waals surface area contributed by atoms with Gasteiger partial charge in [0.15, 0.2) is 0 Å². The first-order valence-electron chi connectivity index (χ1n) is 7.07. The smallest absolute Gasteiger partial charge is 0.337 e. The number of carboxylic acids is 1. The maximum atomic E-state index is 12.9. The second-order valence-electron chi connectivity index (χ2n) is 5.37. The number of nitro groups is 1. The number of aryl methyl sites for hydroxylation is 1. The van der Waals surface area contributed by atoms with Crippen LogP contribution in [0, 0.1) is 17.0 Å². The van der Waals surface area contributed by atoms with Crippen molar-refractivity contribution >= 4 is 32.6 Å². The molecule has 0 spiro atoms. The Bertz CT molecular complexity index is 1130. The number of nitrogens with zero attached hydrogens (tertiary/aromatic N) is 2. The highest BCUT2D eigenvalue weighted by molar-refractivity contribution is 7.90. The third-order valence-corrected chi connectivity index (χ3v) is 5.51. The van der Waals surface area contributed by atoms with Crippen molar-refractivity contribution in [2.75, 3.05) is 0 Å². The van der Waals surface area contributed by atoms with Gasteiger partial charge in [0.2, 0.25) is 0 Å². The zero-order chi connectivity index (χ0) is 18.4. The van der Waals surface area contributed by atoms with Crippen LogP contribution in [-0.2, 0) is 10.0 Å². The van der Waals surface area contributed by atoms with E-state index in [0.717, 1.165) is 16.2 Å². The van der Waals surface area contributed by atoms with E-state index in [-0.39, 0.29) is 27.0 Å². The summed E-state index contributed by atoms with van der Waals surface area (Å²) >= 11 is 0. The Morgan fingerprint density at radius 1 is 1.20 bits per heavy atom. The molecule has 0 radical (unpaired) electrons. The van der Waals surface area contributed by atoms with E-state index in [1.807, 2.05) is 0 Å². The van der Waals surface area contributed by atoms with Crippen LogP contribution in [0.15, 0.2) is 53.6 Å². The predicted octanol–water partition coefficient (Wildman–Crippen LogP) is 2.79. The summed E-state index contributed by atoms with van der Waals surface area (Å²) in [5.74, 6) is -1.26. The molecule has 1 aromatic heterocycles. The molecule has 0 amide bonds. The fourth-order valence-corrected chi connectivity index (χ4v) is 3.97. The van der Waals surface area contributed by atoms with Crippen LogP contribution in [0.25, 0.3) is 10.9 Å². The van der Waals surface area contributed by atoms with Gasteiger partial charge in [-0.1, -0.05) is 24.3 Å². The minimum absolute atomic E-state index is 0.166. The molecule has 0 saturated heterocycles. The molecule has 3 rings (SSSR count). The predicted molar refractivity (Wildman–Crippen MR) is 89.3 cm³/mol. The van der Waals surface area contributed by atoms with Crippen LogP contribution in [0.2, 0.25) is 0 Å². The number of aromatic carboxylic acids is 1. The Kier molecular flexibility index (Phi) is 3.80. The van der Waals surface area contributed by atoms with Crippen molar-refractivity contribution < 1.29 is 23.2 Å². The van der Waals surface area contributed by atoms with E-state index in [4.69, 9.17) is 0 Å². The normalized spacial score (nSPS) is 11.6. The fraction of sp³-hybridized carbons (Fsp3) is 0.0625.